The minimum Gasteiger partial charge on any atom is -0.380 e. The van der Waals surface area contributed by atoms with Crippen molar-refractivity contribution in [1.29, 1.82) is 0 Å². The molecule has 1 saturated heterocycles. The molecule has 3 unspecified atom stereocenters. The number of alkyl halides is 2. The fourth-order valence-electron chi connectivity index (χ4n) is 4.75. The number of pyridine rings is 1. The number of halogens is 7. The molecular weight excluding hydrogens is 569 g/mol. The SMILES string of the molecule is [2H]C(C(=O)NC1CCC(F)(F)CC1)(c1cccnc1)N(C(=O)C1CC(OC)CN1)c1ccc(S(F)(F)(F)(F)F)cc1. The van der Waals surface area contributed by atoms with Crippen LogP contribution in [0.1, 0.15) is 45.1 Å². The van der Waals surface area contributed by atoms with Crippen LogP contribution in [0.25, 0.3) is 0 Å². The minimum atomic E-state index is -10.1. The Morgan fingerprint density at radius 3 is 2.33 bits per heavy atom. The number of ether oxygens (including phenoxy) is 1. The fraction of sp³-hybridized carbons (Fsp3) is 0.480. The number of hydrogen-bond acceptors (Lipinski definition) is 5. The predicted molar refractivity (Wildman–Crippen MR) is 135 cm³/mol. The van der Waals surface area contributed by atoms with Gasteiger partial charge in [-0.1, -0.05) is 25.5 Å². The first-order valence-electron chi connectivity index (χ1n) is 12.9. The lowest BCUT2D eigenvalue weighted by Crippen LogP contribution is -2.52. The van der Waals surface area contributed by atoms with Gasteiger partial charge >= 0.3 is 10.2 Å². The molecule has 0 bridgehead atoms. The fourth-order valence-corrected chi connectivity index (χ4v) is 5.40. The van der Waals surface area contributed by atoms with E-state index < -0.39 is 75.6 Å². The van der Waals surface area contributed by atoms with E-state index in [1.54, 1.807) is 0 Å². The molecule has 1 aliphatic carbocycles. The number of carbonyl (C=O) groups is 2. The van der Waals surface area contributed by atoms with Gasteiger partial charge in [0.15, 0.2) is 0 Å². The number of benzene rings is 1. The molecule has 1 aliphatic heterocycles. The Morgan fingerprint density at radius 1 is 1.15 bits per heavy atom. The zero-order chi connectivity index (χ0) is 30.3. The number of nitrogens with zero attached hydrogens (tertiary/aromatic N) is 2. The van der Waals surface area contributed by atoms with Crippen molar-refractivity contribution in [2.75, 3.05) is 18.6 Å². The number of anilines is 1. The molecule has 1 aromatic carbocycles. The van der Waals surface area contributed by atoms with Crippen molar-refractivity contribution in [1.82, 2.24) is 15.6 Å². The lowest BCUT2D eigenvalue weighted by molar-refractivity contribution is -0.128. The van der Waals surface area contributed by atoms with Crippen LogP contribution in [-0.4, -0.2) is 54.6 Å². The van der Waals surface area contributed by atoms with Crippen LogP contribution >= 0.6 is 10.2 Å². The number of rotatable bonds is 8. The number of carbonyl (C=O) groups excluding carboxylic acids is 2. The summed E-state index contributed by atoms with van der Waals surface area (Å²) in [5.74, 6) is -4.97. The molecule has 3 atom stereocenters. The molecule has 40 heavy (non-hydrogen) atoms. The topological polar surface area (TPSA) is 83.6 Å². The second-order valence-corrected chi connectivity index (χ2v) is 12.3. The van der Waals surface area contributed by atoms with Crippen molar-refractivity contribution in [2.45, 2.75) is 67.1 Å². The molecular formula is C25H29F7N4O3S. The van der Waals surface area contributed by atoms with E-state index in [0.717, 1.165) is 6.20 Å². The molecule has 15 heteroatoms. The Kier molecular flexibility index (Phi) is 7.28. The van der Waals surface area contributed by atoms with Gasteiger partial charge in [0, 0.05) is 56.2 Å². The highest BCUT2D eigenvalue weighted by atomic mass is 32.5. The van der Waals surface area contributed by atoms with Crippen LogP contribution in [0.5, 0.6) is 0 Å². The summed E-state index contributed by atoms with van der Waals surface area (Å²) in [5.41, 5.74) is -0.627. The monoisotopic (exact) mass is 599 g/mol. The zero-order valence-corrected chi connectivity index (χ0v) is 22.1. The number of nitrogens with one attached hydrogen (secondary N) is 2. The maximum Gasteiger partial charge on any atom is 0.310 e. The molecule has 4 rings (SSSR count). The average Bonchev–Trinajstić information content (AvgIpc) is 3.39. The van der Waals surface area contributed by atoms with E-state index in [1.807, 2.05) is 0 Å². The normalized spacial score (nSPS) is 25.1. The maximum absolute atomic E-state index is 13.9. The summed E-state index contributed by atoms with van der Waals surface area (Å²) < 4.78 is 109. The summed E-state index contributed by atoms with van der Waals surface area (Å²) in [6, 6.07) is -0.571. The van der Waals surface area contributed by atoms with Crippen LogP contribution < -0.4 is 15.5 Å². The molecule has 2 amide bonds. The Hall–Kier alpha value is -2.91. The van der Waals surface area contributed by atoms with Gasteiger partial charge in [-0.05, 0) is 49.6 Å². The van der Waals surface area contributed by atoms with Crippen molar-refractivity contribution >= 4 is 27.7 Å². The van der Waals surface area contributed by atoms with Gasteiger partial charge in [0.2, 0.25) is 17.7 Å². The molecule has 2 aromatic rings. The van der Waals surface area contributed by atoms with Crippen molar-refractivity contribution in [3.63, 3.8) is 0 Å². The maximum atomic E-state index is 13.9. The molecule has 2 fully saturated rings. The first-order valence-corrected chi connectivity index (χ1v) is 14.3. The number of methoxy groups -OCH3 is 1. The highest BCUT2D eigenvalue weighted by molar-refractivity contribution is 8.45. The van der Waals surface area contributed by atoms with E-state index in [1.165, 1.54) is 25.4 Å². The largest absolute Gasteiger partial charge is 0.380 e. The summed E-state index contributed by atoms with van der Waals surface area (Å²) in [6.45, 7) is 0.213. The van der Waals surface area contributed by atoms with Gasteiger partial charge in [-0.2, -0.15) is 0 Å². The van der Waals surface area contributed by atoms with Gasteiger partial charge in [-0.25, -0.2) is 8.78 Å². The smallest absolute Gasteiger partial charge is 0.310 e. The van der Waals surface area contributed by atoms with Crippen LogP contribution in [0.15, 0.2) is 53.7 Å². The van der Waals surface area contributed by atoms with Crippen molar-refractivity contribution in [2.24, 2.45) is 0 Å². The molecule has 2 heterocycles. The third-order valence-electron chi connectivity index (χ3n) is 6.91. The second kappa shape index (κ2) is 10.2. The summed E-state index contributed by atoms with van der Waals surface area (Å²) >= 11 is 0. The molecule has 222 valence electrons. The van der Waals surface area contributed by atoms with Crippen LogP contribution in [0, 0.1) is 0 Å². The van der Waals surface area contributed by atoms with Crippen LogP contribution in [0.4, 0.5) is 33.9 Å². The second-order valence-electron chi connectivity index (χ2n) is 9.88. The van der Waals surface area contributed by atoms with Crippen LogP contribution in [-0.2, 0) is 14.3 Å². The van der Waals surface area contributed by atoms with Crippen molar-refractivity contribution < 1.29 is 43.9 Å². The van der Waals surface area contributed by atoms with Crippen molar-refractivity contribution in [3.05, 3.63) is 54.4 Å². The van der Waals surface area contributed by atoms with Gasteiger partial charge in [-0.3, -0.25) is 19.5 Å². The summed E-state index contributed by atoms with van der Waals surface area (Å²) in [5, 5.41) is 5.42. The zero-order valence-electron chi connectivity index (χ0n) is 22.3. The highest BCUT2D eigenvalue weighted by Gasteiger charge is 2.65. The third-order valence-corrected chi connectivity index (χ3v) is 8.07. The van der Waals surface area contributed by atoms with Gasteiger partial charge < -0.3 is 15.4 Å². The Bertz CT molecular complexity index is 1280. The Labute approximate surface area is 227 Å². The number of aromatic nitrogens is 1. The highest BCUT2D eigenvalue weighted by Crippen LogP contribution is 3.02. The molecule has 2 N–H and O–H groups in total. The Balaban J connectivity index is 1.81. The molecule has 2 aliphatic rings. The van der Waals surface area contributed by atoms with E-state index in [4.69, 9.17) is 4.74 Å². The van der Waals surface area contributed by atoms with E-state index in [2.05, 4.69) is 15.6 Å². The lowest BCUT2D eigenvalue weighted by atomic mass is 9.91. The molecule has 0 radical (unpaired) electrons. The molecule has 0 spiro atoms. The first kappa shape index (κ1) is 28.6. The molecule has 1 aromatic heterocycles. The Morgan fingerprint density at radius 2 is 1.80 bits per heavy atom. The van der Waals surface area contributed by atoms with Crippen molar-refractivity contribution in [3.8, 4) is 0 Å². The summed E-state index contributed by atoms with van der Waals surface area (Å²) in [6.07, 6.45) is 0.808. The van der Waals surface area contributed by atoms with Gasteiger partial charge in [-0.15, -0.1) is 0 Å². The van der Waals surface area contributed by atoms with Gasteiger partial charge in [0.05, 0.1) is 13.5 Å². The average molecular weight is 600 g/mol. The summed E-state index contributed by atoms with van der Waals surface area (Å²) in [4.78, 5) is 30.1. The minimum absolute atomic E-state index is 0.0812. The number of hydrogen-bond donors (Lipinski definition) is 2. The van der Waals surface area contributed by atoms with Gasteiger partial charge in [0.1, 0.15) is 10.9 Å². The van der Waals surface area contributed by atoms with E-state index in [-0.39, 0.29) is 43.5 Å². The van der Waals surface area contributed by atoms with E-state index in [9.17, 15) is 39.2 Å². The van der Waals surface area contributed by atoms with Crippen LogP contribution in [0.3, 0.4) is 0 Å². The van der Waals surface area contributed by atoms with Gasteiger partial charge in [0.25, 0.3) is 0 Å². The standard InChI is InChI=1S/C25H29F7N4O3S/c1-39-19-13-21(34-15-19)24(38)36(18-4-6-20(7-5-18)40(28,29,30,31)32)22(16-3-2-12-33-14-16)23(37)35-17-8-10-25(26,27)11-9-17/h2-7,12,14,17,19,21-22,34H,8-11,13,15H2,1H3,(H,35,37)/i22D. The first-order chi connectivity index (χ1) is 18.8. The lowest BCUT2D eigenvalue weighted by Gasteiger charge is -2.41. The summed E-state index contributed by atoms with van der Waals surface area (Å²) in [7, 11) is -8.68. The molecule has 7 nitrogen and oxygen atoms in total. The van der Waals surface area contributed by atoms with E-state index in [0.29, 0.717) is 17.0 Å². The van der Waals surface area contributed by atoms with E-state index >= 15 is 0 Å². The third kappa shape index (κ3) is 7.04. The van der Waals surface area contributed by atoms with Crippen LogP contribution in [0.2, 0.25) is 0 Å². The number of amides is 2. The molecule has 1 saturated carbocycles. The quantitative estimate of drug-likeness (QED) is 0.370. The predicted octanol–water partition coefficient (Wildman–Crippen LogP) is 5.88.